The second-order valence-corrected chi connectivity index (χ2v) is 9.15. The van der Waals surface area contributed by atoms with Crippen LogP contribution in [0.1, 0.15) is 26.3 Å². The van der Waals surface area contributed by atoms with E-state index in [4.69, 9.17) is 4.74 Å². The van der Waals surface area contributed by atoms with E-state index in [1.54, 1.807) is 21.6 Å². The first-order valence-electron chi connectivity index (χ1n) is 9.69. The summed E-state index contributed by atoms with van der Waals surface area (Å²) in [5.74, 6) is 0. The summed E-state index contributed by atoms with van der Waals surface area (Å²) in [7, 11) is 0.684. The van der Waals surface area contributed by atoms with E-state index in [1.165, 1.54) is 5.19 Å². The fourth-order valence-electron chi connectivity index (χ4n) is 3.15. The predicted octanol–water partition coefficient (Wildman–Crippen LogP) is 3.50. The van der Waals surface area contributed by atoms with Crippen LogP contribution in [0.3, 0.4) is 0 Å². The molecule has 0 atom stereocenters. The van der Waals surface area contributed by atoms with Crippen molar-refractivity contribution in [1.29, 1.82) is 0 Å². The summed E-state index contributed by atoms with van der Waals surface area (Å²) in [5, 5.41) is 10.7. The van der Waals surface area contributed by atoms with Crippen molar-refractivity contribution in [3.63, 3.8) is 0 Å². The van der Waals surface area contributed by atoms with Crippen molar-refractivity contribution in [3.05, 3.63) is 60.7 Å². The molecule has 8 heteroatoms. The molecule has 0 saturated carbocycles. The monoisotopic (exact) mass is 417 g/mol. The first-order valence-corrected chi connectivity index (χ1v) is 11.2. The van der Waals surface area contributed by atoms with E-state index >= 15 is 0 Å². The molecule has 3 aromatic heterocycles. The molecule has 0 aliphatic carbocycles. The van der Waals surface area contributed by atoms with Gasteiger partial charge in [0.25, 0.3) is 0 Å². The van der Waals surface area contributed by atoms with Gasteiger partial charge in [0.1, 0.15) is 11.3 Å². The fraction of sp³-hybridized carbons (Fsp3) is 0.273. The molecule has 30 heavy (non-hydrogen) atoms. The predicted molar refractivity (Wildman–Crippen MR) is 117 cm³/mol. The second-order valence-electron chi connectivity index (χ2n) is 8.07. The summed E-state index contributed by atoms with van der Waals surface area (Å²) >= 11 is 0. The Balaban J connectivity index is 1.58. The average molecular weight is 418 g/mol. The molecule has 0 unspecified atom stereocenters. The standard InChI is InChI=1S/C22H23N5O2Si/c1-22(2,3)29-21(28)27-8-7-16-6-5-15(9-20(16)27)13-26-14-19(24-25-26)17-10-18(30-4)12-23-11-17/h5-12,14H,13H2,1-4H3. The lowest BCUT2D eigenvalue weighted by Gasteiger charge is -2.19. The molecule has 4 aromatic rings. The van der Waals surface area contributed by atoms with E-state index in [-0.39, 0.29) is 6.09 Å². The van der Waals surface area contributed by atoms with E-state index in [0.29, 0.717) is 16.1 Å². The summed E-state index contributed by atoms with van der Waals surface area (Å²) in [5.41, 5.74) is 3.03. The van der Waals surface area contributed by atoms with Crippen molar-refractivity contribution >= 4 is 31.7 Å². The van der Waals surface area contributed by atoms with Crippen molar-refractivity contribution in [3.8, 4) is 11.3 Å². The molecule has 1 aromatic carbocycles. The van der Waals surface area contributed by atoms with Gasteiger partial charge in [-0.3, -0.25) is 9.55 Å². The van der Waals surface area contributed by atoms with Gasteiger partial charge in [0.05, 0.1) is 27.8 Å². The van der Waals surface area contributed by atoms with Crippen LogP contribution in [-0.4, -0.2) is 45.8 Å². The zero-order chi connectivity index (χ0) is 21.3. The number of hydrogen-bond donors (Lipinski definition) is 0. The number of carbonyl (C=O) groups is 1. The SMILES string of the molecule is C[Si]c1cncc(-c2cn(Cc3ccc4ccn(C(=O)OC(C)(C)C)c4c3)nn2)c1. The van der Waals surface area contributed by atoms with Crippen LogP contribution in [0, 0.1) is 0 Å². The Morgan fingerprint density at radius 2 is 2.00 bits per heavy atom. The summed E-state index contributed by atoms with van der Waals surface area (Å²) in [6.07, 6.45) is 6.95. The van der Waals surface area contributed by atoms with Crippen molar-refractivity contribution in [2.75, 3.05) is 0 Å². The number of nitrogens with zero attached hydrogens (tertiary/aromatic N) is 5. The Hall–Kier alpha value is -3.26. The van der Waals surface area contributed by atoms with Crippen LogP contribution < -0.4 is 5.19 Å². The first-order chi connectivity index (χ1) is 14.3. The number of benzene rings is 1. The van der Waals surface area contributed by atoms with E-state index in [2.05, 4.69) is 27.9 Å². The maximum atomic E-state index is 12.5. The third kappa shape index (κ3) is 4.33. The van der Waals surface area contributed by atoms with Crippen molar-refractivity contribution < 1.29 is 9.53 Å². The van der Waals surface area contributed by atoms with Crippen LogP contribution in [0.25, 0.3) is 22.2 Å². The van der Waals surface area contributed by atoms with E-state index in [9.17, 15) is 4.79 Å². The summed E-state index contributed by atoms with van der Waals surface area (Å²) < 4.78 is 8.84. The molecular formula is C22H23N5O2Si. The third-order valence-corrected chi connectivity index (χ3v) is 5.40. The van der Waals surface area contributed by atoms with Gasteiger partial charge in [-0.05, 0) is 43.7 Å². The molecule has 3 heterocycles. The molecule has 4 rings (SSSR count). The number of carbonyl (C=O) groups excluding carboxylic acids is 1. The molecule has 2 radical (unpaired) electrons. The van der Waals surface area contributed by atoms with Crippen LogP contribution >= 0.6 is 0 Å². The van der Waals surface area contributed by atoms with Crippen LogP contribution in [-0.2, 0) is 11.3 Å². The number of pyridine rings is 1. The van der Waals surface area contributed by atoms with Gasteiger partial charge < -0.3 is 4.74 Å². The molecule has 0 amide bonds. The normalized spacial score (nSPS) is 11.7. The van der Waals surface area contributed by atoms with Crippen LogP contribution in [0.5, 0.6) is 0 Å². The minimum Gasteiger partial charge on any atom is -0.443 e. The third-order valence-electron chi connectivity index (χ3n) is 4.55. The number of fused-ring (bicyclic) bond motifs is 1. The number of rotatable bonds is 4. The van der Waals surface area contributed by atoms with Gasteiger partial charge in [0, 0.05) is 29.5 Å². The van der Waals surface area contributed by atoms with Gasteiger partial charge in [0.2, 0.25) is 0 Å². The number of aromatic nitrogens is 5. The minimum atomic E-state index is -0.549. The molecule has 0 spiro atoms. The molecule has 0 aliphatic heterocycles. The molecule has 0 aliphatic rings. The highest BCUT2D eigenvalue weighted by Gasteiger charge is 2.19. The average Bonchev–Trinajstić information content (AvgIpc) is 3.33. The molecule has 0 saturated heterocycles. The molecule has 0 bridgehead atoms. The van der Waals surface area contributed by atoms with Gasteiger partial charge in [-0.25, -0.2) is 9.48 Å². The summed E-state index contributed by atoms with van der Waals surface area (Å²) in [6.45, 7) is 8.25. The highest BCUT2D eigenvalue weighted by molar-refractivity contribution is 6.51. The topological polar surface area (TPSA) is 74.8 Å². The Bertz CT molecular complexity index is 1210. The largest absolute Gasteiger partial charge is 0.443 e. The summed E-state index contributed by atoms with van der Waals surface area (Å²) in [4.78, 5) is 16.8. The van der Waals surface area contributed by atoms with Gasteiger partial charge in [-0.1, -0.05) is 30.0 Å². The van der Waals surface area contributed by atoms with Crippen molar-refractivity contribution in [2.24, 2.45) is 0 Å². The fourth-order valence-corrected chi connectivity index (χ4v) is 3.66. The lowest BCUT2D eigenvalue weighted by molar-refractivity contribution is 0.0544. The van der Waals surface area contributed by atoms with Crippen LogP contribution in [0.4, 0.5) is 4.79 Å². The summed E-state index contributed by atoms with van der Waals surface area (Å²) in [6, 6.07) is 10.0. The Kier molecular flexibility index (Phi) is 5.25. The van der Waals surface area contributed by atoms with Crippen molar-refractivity contribution in [1.82, 2.24) is 24.5 Å². The first kappa shape index (κ1) is 20.0. The van der Waals surface area contributed by atoms with E-state index < -0.39 is 5.60 Å². The smallest absolute Gasteiger partial charge is 0.418 e. The zero-order valence-electron chi connectivity index (χ0n) is 17.5. The minimum absolute atomic E-state index is 0.387. The second kappa shape index (κ2) is 7.87. The molecule has 7 nitrogen and oxygen atoms in total. The van der Waals surface area contributed by atoms with Gasteiger partial charge in [-0.2, -0.15) is 0 Å². The maximum Gasteiger partial charge on any atom is 0.418 e. The maximum absolute atomic E-state index is 12.5. The van der Waals surface area contributed by atoms with E-state index in [0.717, 1.165) is 27.7 Å². The number of ether oxygens (including phenoxy) is 1. The van der Waals surface area contributed by atoms with Gasteiger partial charge in [0.15, 0.2) is 0 Å². The Morgan fingerprint density at radius 1 is 1.17 bits per heavy atom. The molecular weight excluding hydrogens is 394 g/mol. The molecule has 152 valence electrons. The lowest BCUT2D eigenvalue weighted by atomic mass is 10.1. The van der Waals surface area contributed by atoms with Gasteiger partial charge >= 0.3 is 6.09 Å². The number of hydrogen-bond acceptors (Lipinski definition) is 5. The van der Waals surface area contributed by atoms with Gasteiger partial charge in [-0.15, -0.1) is 5.10 Å². The highest BCUT2D eigenvalue weighted by Crippen LogP contribution is 2.21. The van der Waals surface area contributed by atoms with E-state index in [1.807, 2.05) is 57.4 Å². The van der Waals surface area contributed by atoms with Crippen molar-refractivity contribution in [2.45, 2.75) is 39.5 Å². The Morgan fingerprint density at radius 3 is 2.77 bits per heavy atom. The molecule has 0 fully saturated rings. The zero-order valence-corrected chi connectivity index (χ0v) is 18.5. The van der Waals surface area contributed by atoms with Crippen LogP contribution in [0.2, 0.25) is 6.55 Å². The molecule has 0 N–H and O–H groups in total. The Labute approximate surface area is 177 Å². The lowest BCUT2D eigenvalue weighted by Crippen LogP contribution is -2.26. The highest BCUT2D eigenvalue weighted by atomic mass is 28.2. The van der Waals surface area contributed by atoms with Crippen LogP contribution in [0.15, 0.2) is 55.1 Å². The quantitative estimate of drug-likeness (QED) is 0.475.